The molecule has 0 heterocycles. The molecular weight excluding hydrogens is 540 g/mol. The van der Waals surface area contributed by atoms with E-state index in [2.05, 4.69) is 25.9 Å². The Morgan fingerprint density at radius 1 is 0.634 bits per heavy atom. The van der Waals surface area contributed by atoms with Crippen molar-refractivity contribution in [1.29, 1.82) is 0 Å². The molecule has 0 aromatic heterocycles. The molecule has 0 aliphatic heterocycles. The van der Waals surface area contributed by atoms with E-state index in [4.69, 9.17) is 40.1 Å². The molecule has 0 rings (SSSR count). The number of hydrogen-bond acceptors (Lipinski definition) is 9. The van der Waals surface area contributed by atoms with Crippen molar-refractivity contribution in [3.63, 3.8) is 0 Å². The highest BCUT2D eigenvalue weighted by atomic mass is 16.4. The number of carboxylic acids is 1. The lowest BCUT2D eigenvalue weighted by atomic mass is 10.0. The molecule has 0 bridgehead atoms. The Kier molecular flexibility index (Phi) is 18.6. The molecular formula is C23H46N12O6. The Bertz CT molecular complexity index is 921. The molecule has 0 radical (unpaired) electrons. The number of aliphatic carboxylic acids is 1. The molecule has 0 aliphatic rings. The van der Waals surface area contributed by atoms with Gasteiger partial charge in [-0.25, -0.2) is 4.79 Å². The third-order valence-electron chi connectivity index (χ3n) is 5.76. The first kappa shape index (κ1) is 36.8. The van der Waals surface area contributed by atoms with E-state index in [9.17, 15) is 29.1 Å². The standard InChI is InChI=1S/C23H46N12O6/c24-10-2-1-5-13(25)18(37)33-15(8-9-17(26)36)20(39)34-14(6-3-11-31-22(27)28)19(38)35-16(21(40)41)7-4-12-32-23(29)30/h13-16H,1-12,24-25H2,(H2,26,36)(H,33,37)(H,34,39)(H,35,38)(H,40,41)(H4,27,28,31)(H4,29,30,32). The topological polar surface area (TPSA) is 349 Å². The Morgan fingerprint density at radius 2 is 1.10 bits per heavy atom. The van der Waals surface area contributed by atoms with Gasteiger partial charge < -0.3 is 61.2 Å². The van der Waals surface area contributed by atoms with E-state index < -0.39 is 53.8 Å². The smallest absolute Gasteiger partial charge is 0.326 e. The zero-order valence-corrected chi connectivity index (χ0v) is 23.2. The second-order valence-electron chi connectivity index (χ2n) is 9.32. The highest BCUT2D eigenvalue weighted by Gasteiger charge is 2.30. The molecule has 0 fully saturated rings. The van der Waals surface area contributed by atoms with E-state index in [1.165, 1.54) is 0 Å². The lowest BCUT2D eigenvalue weighted by Gasteiger charge is -2.25. The number of nitrogens with two attached hydrogens (primary N) is 7. The van der Waals surface area contributed by atoms with Gasteiger partial charge >= 0.3 is 5.97 Å². The number of carboxylic acid groups (broad SMARTS) is 1. The Morgan fingerprint density at radius 3 is 1.56 bits per heavy atom. The molecule has 0 saturated carbocycles. The zero-order chi connectivity index (χ0) is 31.4. The Hall–Kier alpha value is -4.19. The minimum absolute atomic E-state index is 0.00581. The molecule has 0 aliphatic carbocycles. The zero-order valence-electron chi connectivity index (χ0n) is 23.2. The number of carbonyl (C=O) groups excluding carboxylic acids is 4. The molecule has 4 atom stereocenters. The second-order valence-corrected chi connectivity index (χ2v) is 9.32. The average Bonchev–Trinajstić information content (AvgIpc) is 2.88. The summed E-state index contributed by atoms with van der Waals surface area (Å²) in [6.07, 6.45) is 1.70. The van der Waals surface area contributed by atoms with Crippen LogP contribution in [0.3, 0.4) is 0 Å². The molecule has 18 heteroatoms. The van der Waals surface area contributed by atoms with Crippen LogP contribution in [0.15, 0.2) is 9.98 Å². The van der Waals surface area contributed by atoms with Crippen molar-refractivity contribution in [2.45, 2.75) is 82.0 Å². The van der Waals surface area contributed by atoms with Crippen LogP contribution in [0.25, 0.3) is 0 Å². The summed E-state index contributed by atoms with van der Waals surface area (Å²) in [4.78, 5) is 69.6. The molecule has 4 unspecified atom stereocenters. The first-order chi connectivity index (χ1) is 19.3. The van der Waals surface area contributed by atoms with Crippen molar-refractivity contribution < 1.29 is 29.1 Å². The summed E-state index contributed by atoms with van der Waals surface area (Å²) in [5.41, 5.74) is 37.8. The molecule has 0 aromatic carbocycles. The third-order valence-corrected chi connectivity index (χ3v) is 5.76. The lowest BCUT2D eigenvalue weighted by molar-refractivity contribution is -0.142. The number of rotatable bonds is 22. The number of hydrogen-bond donors (Lipinski definition) is 11. The maximum atomic E-state index is 13.2. The predicted octanol–water partition coefficient (Wildman–Crippen LogP) is -4.65. The van der Waals surface area contributed by atoms with Crippen molar-refractivity contribution in [3.8, 4) is 0 Å². The minimum atomic E-state index is -1.30. The SMILES string of the molecule is NCCCCC(N)C(=O)NC(CCC(N)=O)C(=O)NC(CCCN=C(N)N)C(=O)NC(CCCN=C(N)N)C(=O)O. The Balaban J connectivity index is 5.67. The molecule has 18 N–H and O–H groups in total. The van der Waals surface area contributed by atoms with E-state index in [0.29, 0.717) is 25.8 Å². The molecule has 234 valence electrons. The third kappa shape index (κ3) is 17.9. The van der Waals surface area contributed by atoms with E-state index >= 15 is 0 Å². The number of nitrogens with one attached hydrogen (secondary N) is 3. The van der Waals surface area contributed by atoms with Gasteiger partial charge in [0.25, 0.3) is 0 Å². The summed E-state index contributed by atoms with van der Waals surface area (Å²) in [5.74, 6) is -4.55. The quantitative estimate of drug-likeness (QED) is 0.0324. The molecule has 4 amide bonds. The lowest BCUT2D eigenvalue weighted by Crippen LogP contribution is -2.57. The largest absolute Gasteiger partial charge is 0.480 e. The van der Waals surface area contributed by atoms with E-state index in [0.717, 1.165) is 0 Å². The number of aliphatic imine (C=N–C) groups is 2. The van der Waals surface area contributed by atoms with Crippen LogP contribution in [0.1, 0.15) is 57.8 Å². The highest BCUT2D eigenvalue weighted by molar-refractivity contribution is 5.94. The number of primary amides is 1. The predicted molar refractivity (Wildman–Crippen MR) is 153 cm³/mol. The van der Waals surface area contributed by atoms with Gasteiger partial charge in [0, 0.05) is 19.5 Å². The van der Waals surface area contributed by atoms with Crippen molar-refractivity contribution in [2.75, 3.05) is 19.6 Å². The van der Waals surface area contributed by atoms with Crippen LogP contribution in [-0.4, -0.2) is 90.4 Å². The fourth-order valence-corrected chi connectivity index (χ4v) is 3.55. The van der Waals surface area contributed by atoms with Gasteiger partial charge in [-0.05, 0) is 51.5 Å². The first-order valence-electron chi connectivity index (χ1n) is 13.3. The van der Waals surface area contributed by atoms with E-state index in [1.54, 1.807) is 0 Å². The number of carbonyl (C=O) groups is 5. The maximum absolute atomic E-state index is 13.2. The van der Waals surface area contributed by atoms with E-state index in [1.807, 2.05) is 0 Å². The summed E-state index contributed by atoms with van der Waals surface area (Å²) in [6.45, 7) is 0.711. The van der Waals surface area contributed by atoms with Crippen molar-refractivity contribution in [1.82, 2.24) is 16.0 Å². The maximum Gasteiger partial charge on any atom is 0.326 e. The highest BCUT2D eigenvalue weighted by Crippen LogP contribution is 2.07. The van der Waals surface area contributed by atoms with Crippen LogP contribution in [0.2, 0.25) is 0 Å². The summed E-state index contributed by atoms with van der Waals surface area (Å²) in [6, 6.07) is -4.72. The number of amides is 4. The monoisotopic (exact) mass is 586 g/mol. The van der Waals surface area contributed by atoms with Crippen LogP contribution in [0.5, 0.6) is 0 Å². The minimum Gasteiger partial charge on any atom is -0.480 e. The van der Waals surface area contributed by atoms with Gasteiger partial charge in [0.15, 0.2) is 11.9 Å². The Labute approximate surface area is 238 Å². The van der Waals surface area contributed by atoms with Gasteiger partial charge in [0.2, 0.25) is 23.6 Å². The molecule has 0 aromatic rings. The van der Waals surface area contributed by atoms with E-state index in [-0.39, 0.29) is 63.5 Å². The number of guanidine groups is 2. The average molecular weight is 587 g/mol. The van der Waals surface area contributed by atoms with Crippen LogP contribution < -0.4 is 56.1 Å². The number of unbranched alkanes of at least 4 members (excludes halogenated alkanes) is 1. The van der Waals surface area contributed by atoms with Gasteiger partial charge in [0.05, 0.1) is 6.04 Å². The summed E-state index contributed by atoms with van der Waals surface area (Å²) < 4.78 is 0. The second kappa shape index (κ2) is 20.7. The normalized spacial score (nSPS) is 13.5. The number of nitrogens with zero attached hydrogens (tertiary/aromatic N) is 2. The first-order valence-corrected chi connectivity index (χ1v) is 13.3. The van der Waals surface area contributed by atoms with Gasteiger partial charge in [-0.3, -0.25) is 29.2 Å². The summed E-state index contributed by atoms with van der Waals surface area (Å²) in [7, 11) is 0. The van der Waals surface area contributed by atoms with Crippen LogP contribution in [0, 0.1) is 0 Å². The van der Waals surface area contributed by atoms with Gasteiger partial charge in [0.1, 0.15) is 18.1 Å². The summed E-state index contributed by atoms with van der Waals surface area (Å²) in [5, 5.41) is 17.0. The van der Waals surface area contributed by atoms with Gasteiger partial charge in [-0.15, -0.1) is 0 Å². The molecule has 18 nitrogen and oxygen atoms in total. The molecule has 0 saturated heterocycles. The fourth-order valence-electron chi connectivity index (χ4n) is 3.55. The molecule has 0 spiro atoms. The van der Waals surface area contributed by atoms with Crippen molar-refractivity contribution in [3.05, 3.63) is 0 Å². The molecule has 41 heavy (non-hydrogen) atoms. The van der Waals surface area contributed by atoms with Crippen LogP contribution in [-0.2, 0) is 24.0 Å². The van der Waals surface area contributed by atoms with Crippen molar-refractivity contribution >= 4 is 41.5 Å². The van der Waals surface area contributed by atoms with Crippen molar-refractivity contribution in [2.24, 2.45) is 50.1 Å². The van der Waals surface area contributed by atoms with Gasteiger partial charge in [-0.1, -0.05) is 6.42 Å². The van der Waals surface area contributed by atoms with Crippen LogP contribution in [0.4, 0.5) is 0 Å². The van der Waals surface area contributed by atoms with Crippen LogP contribution >= 0.6 is 0 Å². The fraction of sp³-hybridized carbons (Fsp3) is 0.696. The summed E-state index contributed by atoms with van der Waals surface area (Å²) >= 11 is 0. The van der Waals surface area contributed by atoms with Gasteiger partial charge in [-0.2, -0.15) is 0 Å².